The molecule has 0 aliphatic carbocycles. The van der Waals surface area contributed by atoms with Crippen LogP contribution in [0.3, 0.4) is 0 Å². The molecule has 0 saturated carbocycles. The van der Waals surface area contributed by atoms with Gasteiger partial charge in [-0.05, 0) is 46.6 Å². The Bertz CT molecular complexity index is 220. The van der Waals surface area contributed by atoms with E-state index in [2.05, 4.69) is 12.2 Å². The predicted octanol–water partition coefficient (Wildman–Crippen LogP) is 1.09. The second-order valence-corrected chi connectivity index (χ2v) is 5.86. The molecule has 5 nitrogen and oxygen atoms in total. The van der Waals surface area contributed by atoms with E-state index in [-0.39, 0.29) is 0 Å². The summed E-state index contributed by atoms with van der Waals surface area (Å²) >= 11 is 0. The lowest BCUT2D eigenvalue weighted by atomic mass is 10.1. The van der Waals surface area contributed by atoms with Crippen molar-refractivity contribution in [3.8, 4) is 0 Å². The van der Waals surface area contributed by atoms with Gasteiger partial charge in [-0.1, -0.05) is 6.92 Å². The molecule has 0 aromatic rings. The third-order valence-corrected chi connectivity index (χ3v) is 2.57. The molecular weight excluding hydrogens is 234 g/mol. The van der Waals surface area contributed by atoms with E-state index in [1.807, 2.05) is 13.8 Å². The molecule has 5 heteroatoms. The van der Waals surface area contributed by atoms with Crippen molar-refractivity contribution in [2.75, 3.05) is 20.3 Å². The average Bonchev–Trinajstić information content (AvgIpc) is 2.59. The zero-order valence-corrected chi connectivity index (χ0v) is 12.5. The van der Waals surface area contributed by atoms with Crippen LogP contribution in [0.1, 0.15) is 41.0 Å². The van der Waals surface area contributed by atoms with Crippen molar-refractivity contribution >= 4 is 0 Å². The summed E-state index contributed by atoms with van der Waals surface area (Å²) in [4.78, 5) is 0. The minimum atomic E-state index is -1.50. The summed E-state index contributed by atoms with van der Waals surface area (Å²) in [6.45, 7) is 10.6. The Balaban J connectivity index is 0.000000494. The highest BCUT2D eigenvalue weighted by molar-refractivity contribution is 4.79. The highest BCUT2D eigenvalue weighted by Gasteiger charge is 2.24. The van der Waals surface area contributed by atoms with E-state index in [4.69, 9.17) is 19.7 Å². The van der Waals surface area contributed by atoms with Crippen LogP contribution >= 0.6 is 0 Å². The molecule has 0 spiro atoms. The molecule has 0 amide bonds. The normalized spacial score (nSPS) is 24.7. The van der Waals surface area contributed by atoms with Crippen LogP contribution in [0.4, 0.5) is 0 Å². The van der Waals surface area contributed by atoms with Gasteiger partial charge in [-0.2, -0.15) is 0 Å². The van der Waals surface area contributed by atoms with Crippen molar-refractivity contribution in [1.82, 2.24) is 5.32 Å². The summed E-state index contributed by atoms with van der Waals surface area (Å²) in [5, 5.41) is 19.6. The molecule has 1 fully saturated rings. The first kappa shape index (κ1) is 17.8. The summed E-state index contributed by atoms with van der Waals surface area (Å²) in [5.41, 5.74) is 0. The van der Waals surface area contributed by atoms with Gasteiger partial charge < -0.3 is 25.0 Å². The van der Waals surface area contributed by atoms with Gasteiger partial charge in [0.25, 0.3) is 0 Å². The SMILES string of the molecule is CC(C)(O)O.COC(C)(C)OCC1CC(C)CN1. The van der Waals surface area contributed by atoms with Gasteiger partial charge in [0.15, 0.2) is 11.6 Å². The summed E-state index contributed by atoms with van der Waals surface area (Å²) in [6, 6.07) is 0.504. The van der Waals surface area contributed by atoms with Crippen LogP contribution in [0.15, 0.2) is 0 Å². The standard InChI is InChI=1S/C10H21NO2.C3H8O2/c1-8-5-9(11-6-8)7-13-10(2,3)12-4;1-3(2,4)5/h8-9,11H,5-7H2,1-4H3;4-5H,1-2H3. The zero-order valence-electron chi connectivity index (χ0n) is 12.5. The predicted molar refractivity (Wildman–Crippen MR) is 71.1 cm³/mol. The molecule has 1 rings (SSSR count). The van der Waals surface area contributed by atoms with Gasteiger partial charge in [-0.3, -0.25) is 0 Å². The van der Waals surface area contributed by atoms with Gasteiger partial charge in [0, 0.05) is 13.2 Å². The van der Waals surface area contributed by atoms with E-state index in [1.54, 1.807) is 7.11 Å². The molecule has 0 bridgehead atoms. The second kappa shape index (κ2) is 7.40. The van der Waals surface area contributed by atoms with Crippen molar-refractivity contribution in [3.05, 3.63) is 0 Å². The lowest BCUT2D eigenvalue weighted by Gasteiger charge is -2.25. The lowest BCUT2D eigenvalue weighted by Crippen LogP contribution is -2.34. The fourth-order valence-corrected chi connectivity index (χ4v) is 1.51. The first-order chi connectivity index (χ1) is 8.03. The number of nitrogens with one attached hydrogen (secondary N) is 1. The van der Waals surface area contributed by atoms with Gasteiger partial charge >= 0.3 is 0 Å². The summed E-state index contributed by atoms with van der Waals surface area (Å²) < 4.78 is 10.8. The molecule has 1 saturated heterocycles. The Morgan fingerprint density at radius 1 is 1.22 bits per heavy atom. The highest BCUT2D eigenvalue weighted by Crippen LogP contribution is 2.16. The molecule has 1 aliphatic rings. The molecule has 2 atom stereocenters. The smallest absolute Gasteiger partial charge is 0.162 e. The van der Waals surface area contributed by atoms with Crippen LogP contribution in [0.25, 0.3) is 0 Å². The Morgan fingerprint density at radius 2 is 1.72 bits per heavy atom. The highest BCUT2D eigenvalue weighted by atomic mass is 16.7. The van der Waals surface area contributed by atoms with E-state index >= 15 is 0 Å². The average molecular weight is 263 g/mol. The van der Waals surface area contributed by atoms with E-state index in [1.165, 1.54) is 20.3 Å². The monoisotopic (exact) mass is 263 g/mol. The molecule has 0 radical (unpaired) electrons. The largest absolute Gasteiger partial charge is 0.366 e. The van der Waals surface area contributed by atoms with Crippen LogP contribution in [-0.4, -0.2) is 48.1 Å². The van der Waals surface area contributed by atoms with Crippen molar-refractivity contribution < 1.29 is 19.7 Å². The number of aliphatic hydroxyl groups is 2. The third-order valence-electron chi connectivity index (χ3n) is 2.57. The number of ether oxygens (including phenoxy) is 2. The first-order valence-corrected chi connectivity index (χ1v) is 6.40. The van der Waals surface area contributed by atoms with E-state index in [9.17, 15) is 0 Å². The van der Waals surface area contributed by atoms with Crippen molar-refractivity contribution in [1.29, 1.82) is 0 Å². The number of methoxy groups -OCH3 is 1. The van der Waals surface area contributed by atoms with Crippen LogP contribution in [0.5, 0.6) is 0 Å². The molecule has 3 N–H and O–H groups in total. The van der Waals surface area contributed by atoms with Crippen molar-refractivity contribution in [3.63, 3.8) is 0 Å². The molecular formula is C13H29NO4. The summed E-state index contributed by atoms with van der Waals surface area (Å²) in [5.74, 6) is -1.17. The maximum atomic E-state index is 8.08. The van der Waals surface area contributed by atoms with E-state index < -0.39 is 11.6 Å². The lowest BCUT2D eigenvalue weighted by molar-refractivity contribution is -0.199. The van der Waals surface area contributed by atoms with E-state index in [0.29, 0.717) is 6.04 Å². The molecule has 1 aliphatic heterocycles. The first-order valence-electron chi connectivity index (χ1n) is 6.40. The second-order valence-electron chi connectivity index (χ2n) is 5.86. The Kier molecular flexibility index (Phi) is 7.32. The minimum absolute atomic E-state index is 0.451. The third kappa shape index (κ3) is 10.9. The number of hydrogen-bond donors (Lipinski definition) is 3. The van der Waals surface area contributed by atoms with Gasteiger partial charge in [0.05, 0.1) is 6.61 Å². The molecule has 1 heterocycles. The van der Waals surface area contributed by atoms with E-state index in [0.717, 1.165) is 19.1 Å². The van der Waals surface area contributed by atoms with Gasteiger partial charge in [-0.15, -0.1) is 0 Å². The number of rotatable bonds is 4. The molecule has 110 valence electrons. The molecule has 0 aromatic heterocycles. The Morgan fingerprint density at radius 3 is 2.06 bits per heavy atom. The maximum absolute atomic E-state index is 8.08. The minimum Gasteiger partial charge on any atom is -0.366 e. The van der Waals surface area contributed by atoms with Gasteiger partial charge in [0.1, 0.15) is 0 Å². The van der Waals surface area contributed by atoms with Gasteiger partial charge in [-0.25, -0.2) is 0 Å². The summed E-state index contributed by atoms with van der Waals surface area (Å²) in [6.07, 6.45) is 1.21. The fourth-order valence-electron chi connectivity index (χ4n) is 1.51. The van der Waals surface area contributed by atoms with Crippen molar-refractivity contribution in [2.24, 2.45) is 5.92 Å². The van der Waals surface area contributed by atoms with Gasteiger partial charge in [0.2, 0.25) is 0 Å². The molecule has 2 unspecified atom stereocenters. The Hall–Kier alpha value is -0.200. The van der Waals surface area contributed by atoms with Crippen LogP contribution in [-0.2, 0) is 9.47 Å². The van der Waals surface area contributed by atoms with Crippen LogP contribution < -0.4 is 5.32 Å². The zero-order chi connectivity index (χ0) is 14.4. The fraction of sp³-hybridized carbons (Fsp3) is 1.00. The number of hydrogen-bond acceptors (Lipinski definition) is 5. The quantitative estimate of drug-likeness (QED) is 0.662. The molecule has 0 aromatic carbocycles. The Labute approximate surface area is 110 Å². The molecule has 18 heavy (non-hydrogen) atoms. The van der Waals surface area contributed by atoms with Crippen LogP contribution in [0.2, 0.25) is 0 Å². The maximum Gasteiger partial charge on any atom is 0.162 e. The van der Waals surface area contributed by atoms with Crippen molar-refractivity contribution in [2.45, 2.75) is 58.7 Å². The summed E-state index contributed by atoms with van der Waals surface area (Å²) in [7, 11) is 1.67. The topological polar surface area (TPSA) is 71.0 Å². The van der Waals surface area contributed by atoms with Crippen LogP contribution in [0, 0.1) is 5.92 Å².